The van der Waals surface area contributed by atoms with E-state index >= 15 is 0 Å². The Hall–Kier alpha value is -2.91. The van der Waals surface area contributed by atoms with E-state index in [0.717, 1.165) is 19.3 Å². The fraction of sp³-hybridized carbons (Fsp3) is 0.364. The van der Waals surface area contributed by atoms with Crippen molar-refractivity contribution in [2.75, 3.05) is 26.1 Å². The van der Waals surface area contributed by atoms with E-state index in [2.05, 4.69) is 5.32 Å². The average Bonchev–Trinajstić information content (AvgIpc) is 2.78. The summed E-state index contributed by atoms with van der Waals surface area (Å²) in [6.07, 6.45) is 2.55. The van der Waals surface area contributed by atoms with Crippen LogP contribution in [0, 0.1) is 0 Å². The molecule has 1 N–H and O–H groups in total. The summed E-state index contributed by atoms with van der Waals surface area (Å²) in [5, 5.41) is 2.66. The molecular formula is C22H26N2O6S. The molecule has 166 valence electrons. The lowest BCUT2D eigenvalue weighted by molar-refractivity contribution is 0.0602. The molecule has 0 aromatic heterocycles. The van der Waals surface area contributed by atoms with E-state index in [0.29, 0.717) is 6.54 Å². The van der Waals surface area contributed by atoms with Crippen LogP contribution < -0.4 is 10.1 Å². The first-order chi connectivity index (χ1) is 14.8. The summed E-state index contributed by atoms with van der Waals surface area (Å²) in [5.41, 5.74) is 0.592. The summed E-state index contributed by atoms with van der Waals surface area (Å²) in [6.45, 7) is 2.30. The van der Waals surface area contributed by atoms with Crippen LogP contribution in [-0.4, -0.2) is 51.4 Å². The summed E-state index contributed by atoms with van der Waals surface area (Å²) in [6, 6.07) is 10.5. The number of hydrogen-bond acceptors (Lipinski definition) is 6. The maximum absolute atomic E-state index is 13.3. The third-order valence-corrected chi connectivity index (χ3v) is 7.37. The van der Waals surface area contributed by atoms with Crippen molar-refractivity contribution in [3.63, 3.8) is 0 Å². The van der Waals surface area contributed by atoms with E-state index in [9.17, 15) is 18.0 Å². The third kappa shape index (κ3) is 4.72. The number of piperidine rings is 1. The largest absolute Gasteiger partial charge is 0.495 e. The Morgan fingerprint density at radius 3 is 2.52 bits per heavy atom. The Kier molecular flexibility index (Phi) is 6.97. The van der Waals surface area contributed by atoms with Gasteiger partial charge in [-0.05, 0) is 50.1 Å². The number of carbonyl (C=O) groups is 2. The highest BCUT2D eigenvalue weighted by molar-refractivity contribution is 7.89. The van der Waals surface area contributed by atoms with Crippen LogP contribution in [0.5, 0.6) is 5.75 Å². The number of rotatable bonds is 6. The molecule has 1 unspecified atom stereocenters. The number of amides is 1. The van der Waals surface area contributed by atoms with Crippen molar-refractivity contribution in [3.8, 4) is 5.75 Å². The Labute approximate surface area is 182 Å². The third-order valence-electron chi connectivity index (χ3n) is 5.34. The summed E-state index contributed by atoms with van der Waals surface area (Å²) in [5.74, 6) is -0.973. The zero-order valence-corrected chi connectivity index (χ0v) is 18.6. The zero-order chi connectivity index (χ0) is 22.6. The first-order valence-corrected chi connectivity index (χ1v) is 11.4. The van der Waals surface area contributed by atoms with Crippen molar-refractivity contribution < 1.29 is 27.5 Å². The second-order valence-electron chi connectivity index (χ2n) is 7.32. The highest BCUT2D eigenvalue weighted by atomic mass is 32.2. The molecule has 1 aliphatic heterocycles. The topological polar surface area (TPSA) is 102 Å². The lowest BCUT2D eigenvalue weighted by Gasteiger charge is -2.32. The molecule has 0 aliphatic carbocycles. The number of nitrogens with zero attached hydrogens (tertiary/aromatic N) is 1. The molecule has 3 rings (SSSR count). The number of hydrogen-bond donors (Lipinski definition) is 1. The van der Waals surface area contributed by atoms with Gasteiger partial charge in [0.1, 0.15) is 10.6 Å². The highest BCUT2D eigenvalue weighted by Crippen LogP contribution is 2.32. The van der Waals surface area contributed by atoms with Crippen LogP contribution in [0.3, 0.4) is 0 Å². The molecule has 1 saturated heterocycles. The lowest BCUT2D eigenvalue weighted by Crippen LogP contribution is -2.42. The normalized spacial score (nSPS) is 17.1. The molecule has 0 saturated carbocycles. The minimum atomic E-state index is -3.85. The van der Waals surface area contributed by atoms with E-state index < -0.39 is 21.9 Å². The van der Waals surface area contributed by atoms with Crippen molar-refractivity contribution >= 4 is 27.6 Å². The van der Waals surface area contributed by atoms with Gasteiger partial charge in [0, 0.05) is 18.2 Å². The number of esters is 1. The SMILES string of the molecule is COC(=O)c1ccccc1NC(=O)c1ccc(OC)c(S(=O)(=O)N2CCCCC2C)c1. The number of para-hydroxylation sites is 1. The molecule has 2 aromatic rings. The quantitative estimate of drug-likeness (QED) is 0.683. The summed E-state index contributed by atoms with van der Waals surface area (Å²) in [4.78, 5) is 24.8. The van der Waals surface area contributed by atoms with Crippen LogP contribution in [0.15, 0.2) is 47.4 Å². The van der Waals surface area contributed by atoms with Gasteiger partial charge in [-0.2, -0.15) is 4.31 Å². The Bertz CT molecular complexity index is 1080. The van der Waals surface area contributed by atoms with E-state index in [4.69, 9.17) is 9.47 Å². The van der Waals surface area contributed by atoms with E-state index in [1.54, 1.807) is 18.2 Å². The molecule has 31 heavy (non-hydrogen) atoms. The predicted octanol–water partition coefficient (Wildman–Crippen LogP) is 3.30. The smallest absolute Gasteiger partial charge is 0.339 e. The molecule has 0 bridgehead atoms. The van der Waals surface area contributed by atoms with Crippen molar-refractivity contribution in [1.82, 2.24) is 4.31 Å². The minimum Gasteiger partial charge on any atom is -0.495 e. The number of sulfonamides is 1. The number of benzene rings is 2. The minimum absolute atomic E-state index is 0.0577. The van der Waals surface area contributed by atoms with Crippen molar-refractivity contribution in [2.45, 2.75) is 37.1 Å². The van der Waals surface area contributed by atoms with E-state index in [1.807, 2.05) is 6.92 Å². The van der Waals surface area contributed by atoms with Crippen molar-refractivity contribution in [3.05, 3.63) is 53.6 Å². The fourth-order valence-corrected chi connectivity index (χ4v) is 5.53. The van der Waals surface area contributed by atoms with Crippen LogP contribution >= 0.6 is 0 Å². The van der Waals surface area contributed by atoms with Gasteiger partial charge in [0.05, 0.1) is 25.5 Å². The van der Waals surface area contributed by atoms with Crippen LogP contribution in [0.1, 0.15) is 46.9 Å². The lowest BCUT2D eigenvalue weighted by atomic mass is 10.1. The molecule has 1 amide bonds. The molecule has 1 fully saturated rings. The van der Waals surface area contributed by atoms with Gasteiger partial charge in [0.2, 0.25) is 10.0 Å². The molecule has 0 radical (unpaired) electrons. The number of ether oxygens (including phenoxy) is 2. The van der Waals surface area contributed by atoms with Crippen LogP contribution in [-0.2, 0) is 14.8 Å². The van der Waals surface area contributed by atoms with Gasteiger partial charge in [0.15, 0.2) is 0 Å². The number of anilines is 1. The van der Waals surface area contributed by atoms with E-state index in [-0.39, 0.29) is 33.5 Å². The second kappa shape index (κ2) is 9.49. The van der Waals surface area contributed by atoms with Gasteiger partial charge in [-0.3, -0.25) is 4.79 Å². The second-order valence-corrected chi connectivity index (χ2v) is 9.18. The molecule has 9 heteroatoms. The van der Waals surface area contributed by atoms with Gasteiger partial charge in [-0.15, -0.1) is 0 Å². The van der Waals surface area contributed by atoms with Gasteiger partial charge in [-0.25, -0.2) is 13.2 Å². The number of carbonyl (C=O) groups excluding carboxylic acids is 2. The van der Waals surface area contributed by atoms with Gasteiger partial charge in [-0.1, -0.05) is 18.6 Å². The fourth-order valence-electron chi connectivity index (χ4n) is 3.65. The van der Waals surface area contributed by atoms with Crippen LogP contribution in [0.2, 0.25) is 0 Å². The standard InChI is InChI=1S/C22H26N2O6S/c1-15-8-6-7-13-24(15)31(27,28)20-14-16(11-12-19(20)29-2)21(25)23-18-10-5-4-9-17(18)22(26)30-3/h4-5,9-12,14-15H,6-8,13H2,1-3H3,(H,23,25). The zero-order valence-electron chi connectivity index (χ0n) is 17.8. The first-order valence-electron chi connectivity index (χ1n) is 9.98. The van der Waals surface area contributed by atoms with Crippen molar-refractivity contribution in [1.29, 1.82) is 0 Å². The molecule has 1 heterocycles. The predicted molar refractivity (Wildman–Crippen MR) is 116 cm³/mol. The maximum atomic E-state index is 13.3. The Balaban J connectivity index is 1.96. The highest BCUT2D eigenvalue weighted by Gasteiger charge is 2.33. The molecule has 8 nitrogen and oxygen atoms in total. The number of nitrogens with one attached hydrogen (secondary N) is 1. The Morgan fingerprint density at radius 1 is 1.10 bits per heavy atom. The van der Waals surface area contributed by atoms with Crippen LogP contribution in [0.4, 0.5) is 5.69 Å². The average molecular weight is 447 g/mol. The maximum Gasteiger partial charge on any atom is 0.339 e. The summed E-state index contributed by atoms with van der Waals surface area (Å²) in [7, 11) is -1.21. The van der Waals surface area contributed by atoms with Gasteiger partial charge < -0.3 is 14.8 Å². The van der Waals surface area contributed by atoms with Crippen molar-refractivity contribution in [2.24, 2.45) is 0 Å². The first kappa shape index (κ1) is 22.8. The number of methoxy groups -OCH3 is 2. The monoisotopic (exact) mass is 446 g/mol. The van der Waals surface area contributed by atoms with Gasteiger partial charge in [0.25, 0.3) is 5.91 Å². The molecule has 0 spiro atoms. The molecule has 2 aromatic carbocycles. The van der Waals surface area contributed by atoms with Crippen LogP contribution in [0.25, 0.3) is 0 Å². The van der Waals surface area contributed by atoms with E-state index in [1.165, 1.54) is 42.8 Å². The summed E-state index contributed by atoms with van der Waals surface area (Å²) >= 11 is 0. The molecule has 1 aliphatic rings. The summed E-state index contributed by atoms with van der Waals surface area (Å²) < 4.78 is 38.2. The van der Waals surface area contributed by atoms with Gasteiger partial charge >= 0.3 is 5.97 Å². The molecule has 1 atom stereocenters. The Morgan fingerprint density at radius 2 is 1.84 bits per heavy atom. The molecular weight excluding hydrogens is 420 g/mol.